The quantitative estimate of drug-likeness (QED) is 0.0926. The third kappa shape index (κ3) is 14.6. The van der Waals surface area contributed by atoms with E-state index in [-0.39, 0.29) is 29.8 Å². The molecule has 0 saturated carbocycles. The molecule has 0 saturated heterocycles. The maximum atomic E-state index is 12.7. The summed E-state index contributed by atoms with van der Waals surface area (Å²) in [5.41, 5.74) is 11.1. The highest BCUT2D eigenvalue weighted by molar-refractivity contribution is 5.99. The number of ketones is 1. The van der Waals surface area contributed by atoms with E-state index in [0.29, 0.717) is 6.42 Å². The van der Waals surface area contributed by atoms with Crippen LogP contribution in [0.3, 0.4) is 0 Å². The van der Waals surface area contributed by atoms with Gasteiger partial charge in [-0.05, 0) is 12.3 Å². The molecule has 0 amide bonds. The zero-order valence-corrected chi connectivity index (χ0v) is 24.3. The van der Waals surface area contributed by atoms with Crippen molar-refractivity contribution in [1.29, 1.82) is 0 Å². The van der Waals surface area contributed by atoms with Crippen LogP contribution in [0.4, 0.5) is 5.82 Å². The highest BCUT2D eigenvalue weighted by Gasteiger charge is 2.20. The first-order valence-corrected chi connectivity index (χ1v) is 15.1. The number of anilines is 1. The van der Waals surface area contributed by atoms with E-state index in [2.05, 4.69) is 11.9 Å². The van der Waals surface area contributed by atoms with Gasteiger partial charge in [0, 0.05) is 12.6 Å². The lowest BCUT2D eigenvalue weighted by Crippen LogP contribution is -2.38. The maximum Gasteiger partial charge on any atom is 0.352 e. The number of carbonyl (C=O) groups excluding carboxylic acids is 2. The lowest BCUT2D eigenvalue weighted by Gasteiger charge is -2.15. The van der Waals surface area contributed by atoms with Gasteiger partial charge in [-0.25, -0.2) is 4.79 Å². The Bertz CT molecular complexity index is 853. The number of hydrogen-bond acceptors (Lipinski definition) is 7. The molecule has 0 aromatic carbocycles. The Morgan fingerprint density at radius 2 is 1.29 bits per heavy atom. The van der Waals surface area contributed by atoms with Crippen LogP contribution in [0.5, 0.6) is 0 Å². The predicted octanol–water partition coefficient (Wildman–Crippen LogP) is 6.53. The molecule has 0 aliphatic carbocycles. The SMILES string of the molecule is CCCCCCCCCCCCCCCCCCCC(=O)c1cn(COC(=O)[C@@H](N)C(C)C)c(=O)nc1N. The minimum atomic E-state index is -0.784. The van der Waals surface area contributed by atoms with Crippen molar-refractivity contribution in [2.75, 3.05) is 5.73 Å². The second kappa shape index (κ2) is 20.7. The Hall–Kier alpha value is -2.22. The van der Waals surface area contributed by atoms with Crippen LogP contribution in [0.25, 0.3) is 0 Å². The van der Waals surface area contributed by atoms with Crippen molar-refractivity contribution in [3.8, 4) is 0 Å². The molecule has 38 heavy (non-hydrogen) atoms. The third-order valence-corrected chi connectivity index (χ3v) is 7.17. The summed E-state index contributed by atoms with van der Waals surface area (Å²) in [4.78, 5) is 40.4. The van der Waals surface area contributed by atoms with E-state index in [1.807, 2.05) is 0 Å². The van der Waals surface area contributed by atoms with Crippen molar-refractivity contribution in [3.63, 3.8) is 0 Å². The molecule has 8 nitrogen and oxygen atoms in total. The summed E-state index contributed by atoms with van der Waals surface area (Å²) < 4.78 is 6.18. The molecule has 0 spiro atoms. The van der Waals surface area contributed by atoms with Gasteiger partial charge in [0.2, 0.25) is 0 Å². The molecule has 8 heteroatoms. The lowest BCUT2D eigenvalue weighted by molar-refractivity contribution is -0.150. The number of nitrogens with zero attached hydrogens (tertiary/aromatic N) is 2. The van der Waals surface area contributed by atoms with Crippen molar-refractivity contribution in [3.05, 3.63) is 22.2 Å². The number of nitrogen functional groups attached to an aromatic ring is 1. The predicted molar refractivity (Wildman–Crippen MR) is 155 cm³/mol. The van der Waals surface area contributed by atoms with E-state index in [1.54, 1.807) is 13.8 Å². The van der Waals surface area contributed by atoms with E-state index in [0.717, 1.165) is 23.8 Å². The molecule has 1 aromatic heterocycles. The summed E-state index contributed by atoms with van der Waals surface area (Å²) in [6.07, 6.45) is 23.5. The Morgan fingerprint density at radius 1 is 0.842 bits per heavy atom. The first-order chi connectivity index (χ1) is 18.3. The molecule has 0 radical (unpaired) electrons. The minimum Gasteiger partial charge on any atom is -0.443 e. The highest BCUT2D eigenvalue weighted by atomic mass is 16.5. The monoisotopic (exact) mass is 534 g/mol. The molecule has 0 aliphatic rings. The minimum absolute atomic E-state index is 0.0894. The average molecular weight is 535 g/mol. The van der Waals surface area contributed by atoms with Crippen LogP contribution in [0, 0.1) is 5.92 Å². The molecular weight excluding hydrogens is 480 g/mol. The molecule has 1 aromatic rings. The van der Waals surface area contributed by atoms with Gasteiger partial charge in [0.15, 0.2) is 12.5 Å². The number of Topliss-reactive ketones (excluding diaryl/α,β-unsaturated/α-hetero) is 1. The zero-order chi connectivity index (χ0) is 28.2. The van der Waals surface area contributed by atoms with Crippen LogP contribution < -0.4 is 17.2 Å². The Balaban J connectivity index is 2.16. The molecule has 0 aliphatic heterocycles. The summed E-state index contributed by atoms with van der Waals surface area (Å²) in [6, 6.07) is -0.784. The van der Waals surface area contributed by atoms with E-state index in [4.69, 9.17) is 16.2 Å². The van der Waals surface area contributed by atoms with Crippen molar-refractivity contribution in [2.45, 2.75) is 149 Å². The number of nitrogens with two attached hydrogens (primary N) is 2. The molecule has 1 rings (SSSR count). The van der Waals surface area contributed by atoms with Gasteiger partial charge < -0.3 is 16.2 Å². The summed E-state index contributed by atoms with van der Waals surface area (Å²) >= 11 is 0. The van der Waals surface area contributed by atoms with Crippen molar-refractivity contribution < 1.29 is 14.3 Å². The molecular formula is C30H54N4O4. The first kappa shape index (κ1) is 33.8. The molecule has 1 atom stereocenters. The van der Waals surface area contributed by atoms with Crippen LogP contribution in [0.2, 0.25) is 0 Å². The van der Waals surface area contributed by atoms with Crippen LogP contribution in [-0.4, -0.2) is 27.3 Å². The van der Waals surface area contributed by atoms with E-state index in [1.165, 1.54) is 96.1 Å². The average Bonchev–Trinajstić information content (AvgIpc) is 2.89. The van der Waals surface area contributed by atoms with Crippen LogP contribution in [0.1, 0.15) is 147 Å². The van der Waals surface area contributed by atoms with Gasteiger partial charge in [-0.2, -0.15) is 4.98 Å². The molecule has 4 N–H and O–H groups in total. The number of ether oxygens (including phenoxy) is 1. The van der Waals surface area contributed by atoms with Gasteiger partial charge in [-0.1, -0.05) is 124 Å². The summed E-state index contributed by atoms with van der Waals surface area (Å²) in [5, 5.41) is 0. The number of aromatic nitrogens is 2. The fraction of sp³-hybridized carbons (Fsp3) is 0.800. The zero-order valence-electron chi connectivity index (χ0n) is 24.3. The first-order valence-electron chi connectivity index (χ1n) is 15.1. The van der Waals surface area contributed by atoms with Gasteiger partial charge >= 0.3 is 11.7 Å². The fourth-order valence-electron chi connectivity index (χ4n) is 4.46. The smallest absolute Gasteiger partial charge is 0.352 e. The number of rotatable bonds is 23. The van der Waals surface area contributed by atoms with Crippen LogP contribution in [-0.2, 0) is 16.3 Å². The second-order valence-electron chi connectivity index (χ2n) is 11.0. The molecule has 0 fully saturated rings. The highest BCUT2D eigenvalue weighted by Crippen LogP contribution is 2.16. The van der Waals surface area contributed by atoms with Gasteiger partial charge in [-0.3, -0.25) is 14.2 Å². The second-order valence-corrected chi connectivity index (χ2v) is 11.0. The van der Waals surface area contributed by atoms with Crippen molar-refractivity contribution in [1.82, 2.24) is 9.55 Å². The van der Waals surface area contributed by atoms with Crippen LogP contribution in [0.15, 0.2) is 11.0 Å². The topological polar surface area (TPSA) is 130 Å². The molecule has 218 valence electrons. The van der Waals surface area contributed by atoms with Gasteiger partial charge in [-0.15, -0.1) is 0 Å². The molecule has 1 heterocycles. The largest absolute Gasteiger partial charge is 0.443 e. The van der Waals surface area contributed by atoms with Gasteiger partial charge in [0.25, 0.3) is 0 Å². The van der Waals surface area contributed by atoms with Crippen molar-refractivity contribution in [2.24, 2.45) is 11.7 Å². The standard InChI is InChI=1S/C30H54N4O4/c1-4-5-6-7-8-9-10-11-12-13-14-15-16-17-18-19-20-21-26(35)25-22-34(30(37)33-28(25)32)23-38-29(36)27(31)24(2)3/h22,24,27H,4-21,23,31H2,1-3H3,(H2,32,33,37)/t27-/m0/s1. The van der Waals surface area contributed by atoms with Gasteiger partial charge in [0.1, 0.15) is 11.9 Å². The Labute approximate surface area is 230 Å². The third-order valence-electron chi connectivity index (χ3n) is 7.17. The normalized spacial score (nSPS) is 12.1. The number of carbonyl (C=O) groups is 2. The lowest BCUT2D eigenvalue weighted by atomic mass is 10.0. The maximum absolute atomic E-state index is 12.7. The number of unbranched alkanes of at least 4 members (excludes halogenated alkanes) is 16. The fourth-order valence-corrected chi connectivity index (χ4v) is 4.46. The van der Waals surface area contributed by atoms with E-state index < -0.39 is 17.7 Å². The summed E-state index contributed by atoms with van der Waals surface area (Å²) in [7, 11) is 0. The molecule has 0 bridgehead atoms. The Kier molecular flexibility index (Phi) is 18.4. The molecule has 0 unspecified atom stereocenters. The number of esters is 1. The van der Waals surface area contributed by atoms with E-state index >= 15 is 0 Å². The summed E-state index contributed by atoms with van der Waals surface area (Å²) in [5.74, 6) is -0.950. The number of hydrogen-bond donors (Lipinski definition) is 2. The Morgan fingerprint density at radius 3 is 1.74 bits per heavy atom. The summed E-state index contributed by atoms with van der Waals surface area (Å²) in [6.45, 7) is 5.52. The van der Waals surface area contributed by atoms with Crippen LogP contribution >= 0.6 is 0 Å². The van der Waals surface area contributed by atoms with Gasteiger partial charge in [0.05, 0.1) is 5.56 Å². The van der Waals surface area contributed by atoms with Crippen molar-refractivity contribution >= 4 is 17.6 Å². The van der Waals surface area contributed by atoms with E-state index in [9.17, 15) is 14.4 Å².